The van der Waals surface area contributed by atoms with E-state index in [0.717, 1.165) is 5.56 Å². The van der Waals surface area contributed by atoms with Gasteiger partial charge in [-0.1, -0.05) is 30.0 Å². The van der Waals surface area contributed by atoms with E-state index < -0.39 is 5.63 Å². The first-order valence-electron chi connectivity index (χ1n) is 6.36. The van der Waals surface area contributed by atoms with Gasteiger partial charge in [0.05, 0.1) is 4.70 Å². The Morgan fingerprint density at radius 3 is 2.73 bits per heavy atom. The number of halogens is 1. The molecule has 0 atom stereocenters. The SMILES string of the molecule is C=C(O)c1cc2sc(OCc3ccc(F)cc3)cc2oc1=O. The number of aliphatic hydroxyl groups excluding tert-OH is 1. The molecule has 0 aliphatic rings. The van der Waals surface area contributed by atoms with E-state index in [1.165, 1.54) is 29.5 Å². The van der Waals surface area contributed by atoms with Crippen molar-refractivity contribution < 1.29 is 18.7 Å². The van der Waals surface area contributed by atoms with Crippen molar-refractivity contribution >= 4 is 27.4 Å². The van der Waals surface area contributed by atoms with Crippen LogP contribution in [0, 0.1) is 5.82 Å². The summed E-state index contributed by atoms with van der Waals surface area (Å²) in [5, 5.41) is 9.89. The Morgan fingerprint density at radius 2 is 2.05 bits per heavy atom. The van der Waals surface area contributed by atoms with Crippen LogP contribution in [-0.2, 0) is 6.61 Å². The van der Waals surface area contributed by atoms with Crippen LogP contribution in [0.5, 0.6) is 5.06 Å². The molecule has 0 fully saturated rings. The topological polar surface area (TPSA) is 59.7 Å². The van der Waals surface area contributed by atoms with Crippen molar-refractivity contribution in [3.05, 3.63) is 70.3 Å². The lowest BCUT2D eigenvalue weighted by Gasteiger charge is -2.02. The monoisotopic (exact) mass is 318 g/mol. The summed E-state index contributed by atoms with van der Waals surface area (Å²) in [5.74, 6) is -0.637. The van der Waals surface area contributed by atoms with E-state index in [-0.39, 0.29) is 23.7 Å². The molecule has 112 valence electrons. The molecule has 0 spiro atoms. The molecule has 2 heterocycles. The lowest BCUT2D eigenvalue weighted by atomic mass is 10.2. The molecule has 6 heteroatoms. The zero-order chi connectivity index (χ0) is 15.7. The van der Waals surface area contributed by atoms with Gasteiger partial charge in [-0.15, -0.1) is 0 Å². The maximum absolute atomic E-state index is 12.8. The Kier molecular flexibility index (Phi) is 3.68. The molecule has 2 aromatic heterocycles. The van der Waals surface area contributed by atoms with Gasteiger partial charge in [-0.2, -0.15) is 0 Å². The molecule has 0 amide bonds. The predicted octanol–water partition coefficient (Wildman–Crippen LogP) is 4.10. The predicted molar refractivity (Wildman–Crippen MR) is 82.8 cm³/mol. The standard InChI is InChI=1S/C16H11FO4S/c1-9(18)12-6-14-13(21-16(12)19)7-15(22-14)20-8-10-2-4-11(17)5-3-10/h2-7,18H,1,8H2. The summed E-state index contributed by atoms with van der Waals surface area (Å²) in [6.45, 7) is 3.60. The van der Waals surface area contributed by atoms with Gasteiger partial charge >= 0.3 is 5.63 Å². The van der Waals surface area contributed by atoms with Crippen LogP contribution < -0.4 is 10.4 Å². The van der Waals surface area contributed by atoms with Crippen molar-refractivity contribution in [2.24, 2.45) is 0 Å². The van der Waals surface area contributed by atoms with E-state index in [2.05, 4.69) is 6.58 Å². The van der Waals surface area contributed by atoms with Crippen molar-refractivity contribution in [2.45, 2.75) is 6.61 Å². The lowest BCUT2D eigenvalue weighted by Crippen LogP contribution is -2.04. The molecule has 22 heavy (non-hydrogen) atoms. The largest absolute Gasteiger partial charge is 0.508 e. The molecule has 3 aromatic rings. The van der Waals surface area contributed by atoms with E-state index in [9.17, 15) is 14.3 Å². The molecule has 0 aliphatic heterocycles. The van der Waals surface area contributed by atoms with Crippen LogP contribution in [0.1, 0.15) is 11.1 Å². The Morgan fingerprint density at radius 1 is 1.32 bits per heavy atom. The summed E-state index contributed by atoms with van der Waals surface area (Å²) >= 11 is 1.28. The highest BCUT2D eigenvalue weighted by Crippen LogP contribution is 2.32. The zero-order valence-electron chi connectivity index (χ0n) is 11.3. The number of fused-ring (bicyclic) bond motifs is 1. The quantitative estimate of drug-likeness (QED) is 0.736. The average molecular weight is 318 g/mol. The van der Waals surface area contributed by atoms with E-state index in [0.29, 0.717) is 15.3 Å². The first-order valence-corrected chi connectivity index (χ1v) is 7.18. The summed E-state index contributed by atoms with van der Waals surface area (Å²) in [5.41, 5.74) is 0.584. The second-order valence-electron chi connectivity index (χ2n) is 4.60. The highest BCUT2D eigenvalue weighted by atomic mass is 32.1. The van der Waals surface area contributed by atoms with Gasteiger partial charge in [0.1, 0.15) is 23.7 Å². The molecule has 0 aliphatic carbocycles. The van der Waals surface area contributed by atoms with Gasteiger partial charge in [0.2, 0.25) is 0 Å². The number of ether oxygens (including phenoxy) is 1. The molecular weight excluding hydrogens is 307 g/mol. The van der Waals surface area contributed by atoms with Gasteiger partial charge in [0.15, 0.2) is 10.6 Å². The van der Waals surface area contributed by atoms with Crippen LogP contribution >= 0.6 is 11.3 Å². The minimum Gasteiger partial charge on any atom is -0.508 e. The van der Waals surface area contributed by atoms with Gasteiger partial charge in [-0.3, -0.25) is 0 Å². The number of hydrogen-bond donors (Lipinski definition) is 1. The molecular formula is C16H11FO4S. The van der Waals surface area contributed by atoms with E-state index in [1.54, 1.807) is 18.2 Å². The fourth-order valence-electron chi connectivity index (χ4n) is 1.90. The molecule has 1 N–H and O–H groups in total. The zero-order valence-corrected chi connectivity index (χ0v) is 12.2. The van der Waals surface area contributed by atoms with Gasteiger partial charge < -0.3 is 14.3 Å². The normalized spacial score (nSPS) is 10.8. The van der Waals surface area contributed by atoms with Crippen LogP contribution in [0.2, 0.25) is 0 Å². The summed E-state index contributed by atoms with van der Waals surface area (Å²) in [6, 6.07) is 9.12. The first kappa shape index (κ1) is 14.3. The van der Waals surface area contributed by atoms with Gasteiger partial charge in [-0.05, 0) is 23.8 Å². The maximum atomic E-state index is 12.8. The fourth-order valence-corrected chi connectivity index (χ4v) is 2.78. The van der Waals surface area contributed by atoms with Gasteiger partial charge in [0, 0.05) is 6.07 Å². The minimum atomic E-state index is -0.650. The summed E-state index contributed by atoms with van der Waals surface area (Å²) in [6.07, 6.45) is 0. The molecule has 1 aromatic carbocycles. The van der Waals surface area contributed by atoms with Crippen LogP contribution in [0.25, 0.3) is 16.0 Å². The highest BCUT2D eigenvalue weighted by Gasteiger charge is 2.11. The molecule has 4 nitrogen and oxygen atoms in total. The average Bonchev–Trinajstić information content (AvgIpc) is 2.87. The van der Waals surface area contributed by atoms with Gasteiger partial charge in [0.25, 0.3) is 0 Å². The third-order valence-corrected chi connectivity index (χ3v) is 3.98. The molecule has 0 unspecified atom stereocenters. The van der Waals surface area contributed by atoms with Crippen LogP contribution in [0.15, 0.2) is 52.2 Å². The van der Waals surface area contributed by atoms with E-state index in [4.69, 9.17) is 9.15 Å². The second kappa shape index (κ2) is 5.65. The Bertz CT molecular complexity index is 893. The number of benzene rings is 1. The van der Waals surface area contributed by atoms with E-state index >= 15 is 0 Å². The molecule has 3 rings (SSSR count). The fraction of sp³-hybridized carbons (Fsp3) is 0.0625. The number of hydrogen-bond acceptors (Lipinski definition) is 5. The number of rotatable bonds is 4. The van der Waals surface area contributed by atoms with Crippen molar-refractivity contribution in [1.29, 1.82) is 0 Å². The van der Waals surface area contributed by atoms with Gasteiger partial charge in [-0.25, -0.2) is 9.18 Å². The van der Waals surface area contributed by atoms with E-state index in [1.807, 2.05) is 0 Å². The Labute approximate surface area is 128 Å². The highest BCUT2D eigenvalue weighted by molar-refractivity contribution is 7.20. The third-order valence-electron chi connectivity index (χ3n) is 3.01. The van der Waals surface area contributed by atoms with Crippen LogP contribution in [0.4, 0.5) is 4.39 Å². The molecule has 0 bridgehead atoms. The third kappa shape index (κ3) is 2.87. The van der Waals surface area contributed by atoms with Crippen LogP contribution in [0.3, 0.4) is 0 Å². The second-order valence-corrected chi connectivity index (χ2v) is 5.65. The van der Waals surface area contributed by atoms with Crippen molar-refractivity contribution in [2.75, 3.05) is 0 Å². The number of thiophene rings is 1. The lowest BCUT2D eigenvalue weighted by molar-refractivity contribution is 0.315. The van der Waals surface area contributed by atoms with Crippen LogP contribution in [-0.4, -0.2) is 5.11 Å². The Hall–Kier alpha value is -2.60. The summed E-state index contributed by atoms with van der Waals surface area (Å²) < 4.78 is 24.2. The molecule has 0 saturated heterocycles. The smallest absolute Gasteiger partial charge is 0.347 e. The van der Waals surface area contributed by atoms with Crippen molar-refractivity contribution in [1.82, 2.24) is 0 Å². The molecule has 0 saturated carbocycles. The summed E-state index contributed by atoms with van der Waals surface area (Å²) in [7, 11) is 0. The molecule has 0 radical (unpaired) electrons. The maximum Gasteiger partial charge on any atom is 0.347 e. The summed E-state index contributed by atoms with van der Waals surface area (Å²) in [4.78, 5) is 11.6. The van der Waals surface area contributed by atoms with Crippen molar-refractivity contribution in [3.8, 4) is 5.06 Å². The minimum absolute atomic E-state index is 0.0273. The van der Waals surface area contributed by atoms with Crippen molar-refractivity contribution in [3.63, 3.8) is 0 Å². The first-order chi connectivity index (χ1) is 10.5. The number of aliphatic hydroxyl groups is 1. The Balaban J connectivity index is 1.84.